The number of ether oxygens (including phenoxy) is 1. The Hall–Kier alpha value is -1.16. The minimum atomic E-state index is 0.0163. The third kappa shape index (κ3) is 4.69. The van der Waals surface area contributed by atoms with Crippen LogP contribution in [0.5, 0.6) is 0 Å². The summed E-state index contributed by atoms with van der Waals surface area (Å²) in [4.78, 5) is 2.16. The molecule has 0 spiro atoms. The first kappa shape index (κ1) is 13.9. The van der Waals surface area contributed by atoms with Crippen LogP contribution < -0.4 is 0 Å². The van der Waals surface area contributed by atoms with E-state index in [1.54, 1.807) is 0 Å². The highest BCUT2D eigenvalue weighted by molar-refractivity contribution is 6.43. The van der Waals surface area contributed by atoms with Gasteiger partial charge in [0.15, 0.2) is 0 Å². The van der Waals surface area contributed by atoms with Crippen LogP contribution in [0.1, 0.15) is 32.6 Å². The molecule has 0 aliphatic carbocycles. The van der Waals surface area contributed by atoms with Crippen LogP contribution in [0.3, 0.4) is 0 Å². The fourth-order valence-electron chi connectivity index (χ4n) is 1.82. The van der Waals surface area contributed by atoms with Crippen molar-refractivity contribution in [1.29, 1.82) is 10.8 Å². The molecule has 1 aliphatic rings. The highest BCUT2D eigenvalue weighted by Gasteiger charge is 2.16. The van der Waals surface area contributed by atoms with Crippen LogP contribution in [0.4, 0.5) is 0 Å². The highest BCUT2D eigenvalue weighted by atomic mass is 16.5. The van der Waals surface area contributed by atoms with E-state index in [1.807, 2.05) is 13.1 Å². The van der Waals surface area contributed by atoms with Crippen LogP contribution in [0.2, 0.25) is 0 Å². The summed E-state index contributed by atoms with van der Waals surface area (Å²) in [6.45, 7) is 4.47. The third-order valence-corrected chi connectivity index (χ3v) is 2.88. The lowest BCUT2D eigenvalue weighted by molar-refractivity contribution is 0.296. The molecular weight excluding hydrogens is 214 g/mol. The Bertz CT molecular complexity index is 310. The molecule has 0 saturated carbocycles. The molecule has 2 N–H and O–H groups in total. The number of hydrogen-bond donors (Lipinski definition) is 2. The van der Waals surface area contributed by atoms with Gasteiger partial charge in [0.05, 0.1) is 6.61 Å². The van der Waals surface area contributed by atoms with Crippen molar-refractivity contribution in [2.75, 3.05) is 26.7 Å². The van der Waals surface area contributed by atoms with Crippen LogP contribution in [-0.4, -0.2) is 43.3 Å². The second-order valence-corrected chi connectivity index (χ2v) is 4.52. The summed E-state index contributed by atoms with van der Waals surface area (Å²) in [7, 11) is 2.03. The molecule has 0 unspecified atom stereocenters. The van der Waals surface area contributed by atoms with Gasteiger partial charge in [-0.3, -0.25) is 10.8 Å². The van der Waals surface area contributed by atoms with Crippen molar-refractivity contribution in [2.45, 2.75) is 32.6 Å². The van der Waals surface area contributed by atoms with Gasteiger partial charge in [-0.15, -0.1) is 0 Å². The van der Waals surface area contributed by atoms with Gasteiger partial charge >= 0.3 is 0 Å². The van der Waals surface area contributed by atoms with Gasteiger partial charge in [-0.2, -0.15) is 0 Å². The average Bonchev–Trinajstić information content (AvgIpc) is 2.33. The fraction of sp³-hybridized carbons (Fsp3) is 0.692. The summed E-state index contributed by atoms with van der Waals surface area (Å²) in [6.07, 6.45) is 6.23. The number of likely N-dealkylation sites (N-methyl/N-ethyl adjacent to an activating group) is 1. The molecule has 0 atom stereocenters. The molecule has 0 aromatic rings. The van der Waals surface area contributed by atoms with Crippen LogP contribution in [-0.2, 0) is 4.74 Å². The summed E-state index contributed by atoms with van der Waals surface area (Å²) < 4.78 is 5.29. The molecule has 1 rings (SSSR count). The number of rotatable bonds is 6. The lowest BCUT2D eigenvalue weighted by Crippen LogP contribution is -2.31. The molecule has 96 valence electrons. The van der Waals surface area contributed by atoms with E-state index in [0.29, 0.717) is 6.61 Å². The van der Waals surface area contributed by atoms with Gasteiger partial charge in [0.1, 0.15) is 5.71 Å². The predicted octanol–water partition coefficient (Wildman–Crippen LogP) is 2.45. The van der Waals surface area contributed by atoms with Crippen LogP contribution in [0.25, 0.3) is 0 Å². The van der Waals surface area contributed by atoms with Crippen LogP contribution in [0, 0.1) is 10.8 Å². The van der Waals surface area contributed by atoms with Gasteiger partial charge in [-0.25, -0.2) is 0 Å². The summed E-state index contributed by atoms with van der Waals surface area (Å²) in [5.74, 6) is 0.0163. The molecule has 4 heteroatoms. The zero-order valence-electron chi connectivity index (χ0n) is 10.9. The standard InChI is InChI=1S/C13H23N3O/c1-3-4-5-9-17-13(15)12(14)11-7-6-8-16(2)10-11/h7,14-15H,3-6,8-10H2,1-2H3. The molecule has 1 heterocycles. The van der Waals surface area contributed by atoms with Crippen molar-refractivity contribution in [3.05, 3.63) is 11.6 Å². The first-order valence-corrected chi connectivity index (χ1v) is 6.33. The van der Waals surface area contributed by atoms with E-state index in [0.717, 1.165) is 44.3 Å². The maximum Gasteiger partial charge on any atom is 0.232 e. The fourth-order valence-corrected chi connectivity index (χ4v) is 1.82. The van der Waals surface area contributed by atoms with Crippen molar-refractivity contribution in [3.8, 4) is 0 Å². The van der Waals surface area contributed by atoms with E-state index in [9.17, 15) is 0 Å². The number of hydrogen-bond acceptors (Lipinski definition) is 4. The molecule has 0 aromatic heterocycles. The second kappa shape index (κ2) is 7.22. The minimum Gasteiger partial charge on any atom is -0.477 e. The second-order valence-electron chi connectivity index (χ2n) is 4.52. The Labute approximate surface area is 104 Å². The van der Waals surface area contributed by atoms with E-state index in [1.165, 1.54) is 0 Å². The summed E-state index contributed by atoms with van der Waals surface area (Å²) in [5.41, 5.74) is 1.16. The molecule has 0 radical (unpaired) electrons. The summed E-state index contributed by atoms with van der Waals surface area (Å²) in [6, 6.07) is 0. The number of nitrogens with zero attached hydrogens (tertiary/aromatic N) is 1. The van der Waals surface area contributed by atoms with Crippen molar-refractivity contribution in [2.24, 2.45) is 0 Å². The van der Waals surface area contributed by atoms with Crippen molar-refractivity contribution in [3.63, 3.8) is 0 Å². The van der Waals surface area contributed by atoms with E-state index in [2.05, 4.69) is 11.8 Å². The number of nitrogens with one attached hydrogen (secondary N) is 2. The lowest BCUT2D eigenvalue weighted by atomic mass is 10.1. The number of unbranched alkanes of at least 4 members (excludes halogenated alkanes) is 2. The molecule has 4 nitrogen and oxygen atoms in total. The Morgan fingerprint density at radius 2 is 2.18 bits per heavy atom. The molecule has 0 bridgehead atoms. The van der Waals surface area contributed by atoms with Gasteiger partial charge in [0.2, 0.25) is 5.90 Å². The molecule has 1 aliphatic heterocycles. The van der Waals surface area contributed by atoms with E-state index >= 15 is 0 Å². The monoisotopic (exact) mass is 237 g/mol. The molecular formula is C13H23N3O. The van der Waals surface area contributed by atoms with Crippen LogP contribution >= 0.6 is 0 Å². The lowest BCUT2D eigenvalue weighted by Gasteiger charge is -2.23. The smallest absolute Gasteiger partial charge is 0.232 e. The summed E-state index contributed by atoms with van der Waals surface area (Å²) in [5, 5.41) is 15.6. The van der Waals surface area contributed by atoms with Crippen LogP contribution in [0.15, 0.2) is 11.6 Å². The van der Waals surface area contributed by atoms with Gasteiger partial charge in [-0.1, -0.05) is 25.8 Å². The molecule has 0 fully saturated rings. The largest absolute Gasteiger partial charge is 0.477 e. The third-order valence-electron chi connectivity index (χ3n) is 2.88. The quantitative estimate of drug-likeness (QED) is 0.423. The SMILES string of the molecule is CCCCCOC(=N)C(=N)C1=CCCN(C)C1. The van der Waals surface area contributed by atoms with Gasteiger partial charge in [0.25, 0.3) is 0 Å². The first-order chi connectivity index (χ1) is 8.15. The highest BCUT2D eigenvalue weighted by Crippen LogP contribution is 2.10. The zero-order valence-corrected chi connectivity index (χ0v) is 10.9. The van der Waals surface area contributed by atoms with Gasteiger partial charge in [0, 0.05) is 13.1 Å². The predicted molar refractivity (Wildman–Crippen MR) is 71.1 cm³/mol. The van der Waals surface area contributed by atoms with Crippen molar-refractivity contribution in [1.82, 2.24) is 4.90 Å². The Kier molecular flexibility index (Phi) is 5.91. The van der Waals surface area contributed by atoms with E-state index < -0.39 is 0 Å². The summed E-state index contributed by atoms with van der Waals surface area (Å²) >= 11 is 0. The molecule has 17 heavy (non-hydrogen) atoms. The molecule has 0 aromatic carbocycles. The van der Waals surface area contributed by atoms with E-state index in [-0.39, 0.29) is 11.6 Å². The Balaban J connectivity index is 2.36. The first-order valence-electron chi connectivity index (χ1n) is 6.33. The van der Waals surface area contributed by atoms with E-state index in [4.69, 9.17) is 15.6 Å². The maximum atomic E-state index is 7.92. The van der Waals surface area contributed by atoms with Crippen molar-refractivity contribution < 1.29 is 4.74 Å². The Morgan fingerprint density at radius 1 is 1.41 bits per heavy atom. The Morgan fingerprint density at radius 3 is 2.82 bits per heavy atom. The molecule has 0 amide bonds. The normalized spacial score (nSPS) is 16.5. The maximum absolute atomic E-state index is 7.92. The molecule has 0 saturated heterocycles. The minimum absolute atomic E-state index is 0.0163. The van der Waals surface area contributed by atoms with Crippen molar-refractivity contribution >= 4 is 11.6 Å². The van der Waals surface area contributed by atoms with Gasteiger partial charge in [-0.05, 0) is 25.5 Å². The average molecular weight is 237 g/mol. The zero-order chi connectivity index (χ0) is 12.7. The van der Waals surface area contributed by atoms with Gasteiger partial charge < -0.3 is 9.64 Å². The topological polar surface area (TPSA) is 60.2 Å².